The minimum atomic E-state index is -1.67. The third kappa shape index (κ3) is 30.4. The van der Waals surface area contributed by atoms with Gasteiger partial charge in [0, 0.05) is 45.2 Å². The molecule has 548 valence electrons. The molecule has 1 saturated heterocycles. The maximum absolute atomic E-state index is 15.0. The molecule has 1 heterocycles. The summed E-state index contributed by atoms with van der Waals surface area (Å²) < 4.78 is 0. The Morgan fingerprint density at radius 3 is 1.35 bits per heavy atom. The van der Waals surface area contributed by atoms with E-state index in [0.29, 0.717) is 68.3 Å². The number of carbonyl (C=O) groups is 13. The molecule has 1 aliphatic heterocycles. The van der Waals surface area contributed by atoms with Crippen molar-refractivity contribution in [3.05, 3.63) is 108 Å². The summed E-state index contributed by atoms with van der Waals surface area (Å²) >= 11 is 0. The van der Waals surface area contributed by atoms with Crippen molar-refractivity contribution in [1.82, 2.24) is 52.8 Å². The van der Waals surface area contributed by atoms with Crippen molar-refractivity contribution in [1.29, 1.82) is 0 Å². The Hall–Kier alpha value is -10.1. The molecule has 0 spiro atoms. The summed E-state index contributed by atoms with van der Waals surface area (Å²) in [5, 5.41) is 33.3. The molecule has 32 nitrogen and oxygen atoms in total. The Morgan fingerprint density at radius 2 is 0.900 bits per heavy atom. The molecule has 1 aliphatic rings. The number of nitrogens with zero attached hydrogens (tertiary/aromatic N) is 2. The molecule has 0 saturated carbocycles. The van der Waals surface area contributed by atoms with Crippen LogP contribution in [0, 0.1) is 5.92 Å². The number of aliphatic imine (C=N–C) groups is 1. The van der Waals surface area contributed by atoms with E-state index in [-0.39, 0.29) is 76.3 Å². The van der Waals surface area contributed by atoms with Crippen LogP contribution in [-0.2, 0) is 81.6 Å². The van der Waals surface area contributed by atoms with Crippen LogP contribution in [0.4, 0.5) is 0 Å². The molecule has 1 fully saturated rings. The number of primary amides is 2. The number of rotatable bonds is 46. The van der Waals surface area contributed by atoms with Crippen molar-refractivity contribution in [3.63, 3.8) is 0 Å². The number of hydrogen-bond donors (Lipinski definition) is 17. The van der Waals surface area contributed by atoms with Gasteiger partial charge in [0.1, 0.15) is 54.4 Å². The number of guanidine groups is 1. The first-order valence-corrected chi connectivity index (χ1v) is 33.8. The van der Waals surface area contributed by atoms with Crippen LogP contribution >= 0.6 is 0 Å². The molecule has 0 aromatic heterocycles. The summed E-state index contributed by atoms with van der Waals surface area (Å²) in [5.41, 5.74) is 41.1. The maximum atomic E-state index is 15.0. The average molecular weight is 1400 g/mol. The number of carboxylic acid groups (broad SMARTS) is 1. The molecule has 12 amide bonds. The molecule has 0 aliphatic carbocycles. The normalized spacial score (nSPS) is 15.3. The van der Waals surface area contributed by atoms with Crippen LogP contribution < -0.4 is 88.0 Å². The van der Waals surface area contributed by atoms with Crippen molar-refractivity contribution in [2.24, 2.45) is 51.0 Å². The first-order chi connectivity index (χ1) is 47.7. The highest BCUT2D eigenvalue weighted by molar-refractivity contribution is 5.99. The van der Waals surface area contributed by atoms with Crippen LogP contribution in [0.25, 0.3) is 0 Å². The minimum absolute atomic E-state index is 0.0216. The Bertz CT molecular complexity index is 3220. The van der Waals surface area contributed by atoms with Crippen molar-refractivity contribution >= 4 is 82.8 Å². The second-order valence-corrected chi connectivity index (χ2v) is 25.1. The van der Waals surface area contributed by atoms with Crippen LogP contribution in [0.3, 0.4) is 0 Å². The quantitative estimate of drug-likeness (QED) is 0.0152. The molecular formula is C68H102N18O14. The number of nitrogens with two attached hydrogens (primary N) is 7. The molecule has 3 aromatic carbocycles. The largest absolute Gasteiger partial charge is 0.480 e. The summed E-state index contributed by atoms with van der Waals surface area (Å²) in [6.45, 7) is 3.83. The summed E-state index contributed by atoms with van der Waals surface area (Å²) in [5.74, 6) is -11.8. The first-order valence-electron chi connectivity index (χ1n) is 33.8. The van der Waals surface area contributed by atoms with Gasteiger partial charge in [-0.05, 0) is 113 Å². The van der Waals surface area contributed by atoms with Crippen LogP contribution in [0.15, 0.2) is 96.0 Å². The zero-order valence-corrected chi connectivity index (χ0v) is 57.0. The Morgan fingerprint density at radius 1 is 0.490 bits per heavy atom. The van der Waals surface area contributed by atoms with Gasteiger partial charge >= 0.3 is 5.97 Å². The number of unbranched alkanes of at least 4 members (excludes halogenated alkanes) is 2. The third-order valence-electron chi connectivity index (χ3n) is 16.4. The van der Waals surface area contributed by atoms with Crippen LogP contribution in [0.1, 0.15) is 127 Å². The van der Waals surface area contributed by atoms with E-state index >= 15 is 0 Å². The third-order valence-corrected chi connectivity index (χ3v) is 16.4. The standard InChI is InChI=1S/C68H102N18O14/c1-41(2)36-53(85-64(96)51(38-43-20-8-4-9-21-43)83-60(92)46(25-13-15-33-70)79-58(90)45(71)24-12-14-32-69)66(98)86-35-17-27-54(86)65(97)84-52(39-44-22-10-5-11-23-44)63(95)81-47(28-30-55(72)87)61(93)80-48(29-31-56(73)88)62(94)82-50(37-42-18-6-3-7-19-42)59(91)77-40-57(89)78-49(67(99)100)26-16-34-76-68(74)75/h3-11,18-23,41,45-54H,12-17,24-40,69-71H2,1-2H3,(H2,72,87)(H2,73,88)(H,77,91)(H,78,89)(H,79,90)(H,80,93)(H,81,95)(H,82,94)(H,83,92)(H,84,97)(H,85,96)(H,99,100)(H4,74,75,76)/t45-,46-,47-,48-,49-,50-,51-,52-,53-,54-/m0/s1. The topological polar surface area (TPSA) is 548 Å². The van der Waals surface area contributed by atoms with Crippen molar-refractivity contribution in [2.75, 3.05) is 32.7 Å². The second-order valence-electron chi connectivity index (χ2n) is 25.1. The lowest BCUT2D eigenvalue weighted by Crippen LogP contribution is -2.61. The van der Waals surface area contributed by atoms with E-state index in [9.17, 15) is 67.4 Å². The van der Waals surface area contributed by atoms with Gasteiger partial charge in [-0.2, -0.15) is 0 Å². The SMILES string of the molecule is CC(C)C[C@H](NC(=O)[C@H](Cc1ccccc1)NC(=O)[C@H](CCCCN)NC(=O)[C@@H](N)CCCCN)C(=O)N1CCC[C@H]1C(=O)N[C@@H](Cc1ccccc1)C(=O)N[C@@H](CCC(N)=O)C(=O)N[C@@H](CCC(N)=O)C(=O)N[C@@H](Cc1ccccc1)C(=O)NCC(=O)N[C@@H](CCCN=C(N)N)C(=O)O. The zero-order valence-electron chi connectivity index (χ0n) is 57.0. The second kappa shape index (κ2) is 44.0. The van der Waals surface area contributed by atoms with Gasteiger partial charge in [0.15, 0.2) is 5.96 Å². The molecule has 0 bridgehead atoms. The van der Waals surface area contributed by atoms with Gasteiger partial charge < -0.3 is 98.0 Å². The molecule has 0 radical (unpaired) electrons. The molecule has 100 heavy (non-hydrogen) atoms. The molecule has 24 N–H and O–H groups in total. The van der Waals surface area contributed by atoms with E-state index in [0.717, 1.165) is 0 Å². The van der Waals surface area contributed by atoms with Gasteiger partial charge in [-0.15, -0.1) is 0 Å². The fraction of sp³-hybridized carbons (Fsp3) is 0.529. The molecular weight excluding hydrogens is 1290 g/mol. The summed E-state index contributed by atoms with van der Waals surface area (Å²) in [6.07, 6.45) is 1.15. The Labute approximate surface area is 582 Å². The van der Waals surface area contributed by atoms with E-state index in [1.165, 1.54) is 4.90 Å². The van der Waals surface area contributed by atoms with E-state index in [1.807, 2.05) is 13.8 Å². The summed E-state index contributed by atoms with van der Waals surface area (Å²) in [6, 6.07) is 12.2. The number of amides is 12. The van der Waals surface area contributed by atoms with Crippen LogP contribution in [0.5, 0.6) is 0 Å². The fourth-order valence-electron chi connectivity index (χ4n) is 11.1. The number of carboxylic acids is 1. The molecule has 3 aromatic rings. The maximum Gasteiger partial charge on any atom is 0.326 e. The number of carbonyl (C=O) groups excluding carboxylic acids is 12. The van der Waals surface area contributed by atoms with Crippen LogP contribution in [-0.4, -0.2) is 186 Å². The van der Waals surface area contributed by atoms with Gasteiger partial charge in [-0.25, -0.2) is 4.79 Å². The number of nitrogens with one attached hydrogen (secondary N) is 9. The number of benzene rings is 3. The van der Waals surface area contributed by atoms with Gasteiger partial charge in [0.05, 0.1) is 12.6 Å². The van der Waals surface area contributed by atoms with E-state index in [4.69, 9.17) is 40.1 Å². The molecule has 4 rings (SSSR count). The highest BCUT2D eigenvalue weighted by atomic mass is 16.4. The lowest BCUT2D eigenvalue weighted by Gasteiger charge is -2.32. The summed E-state index contributed by atoms with van der Waals surface area (Å²) in [7, 11) is 0. The number of aliphatic carboxylic acids is 1. The predicted molar refractivity (Wildman–Crippen MR) is 371 cm³/mol. The predicted octanol–water partition coefficient (Wildman–Crippen LogP) is -3.00. The summed E-state index contributed by atoms with van der Waals surface area (Å²) in [4.78, 5) is 184. The van der Waals surface area contributed by atoms with Crippen molar-refractivity contribution in [3.8, 4) is 0 Å². The van der Waals surface area contributed by atoms with Gasteiger partial charge in [0.2, 0.25) is 70.9 Å². The fourth-order valence-corrected chi connectivity index (χ4v) is 11.1. The average Bonchev–Trinajstić information content (AvgIpc) is 1.60. The monoisotopic (exact) mass is 1390 g/mol. The van der Waals surface area contributed by atoms with E-state index in [1.54, 1.807) is 91.0 Å². The molecule has 0 unspecified atom stereocenters. The first kappa shape index (κ1) is 82.3. The minimum Gasteiger partial charge on any atom is -0.480 e. The smallest absolute Gasteiger partial charge is 0.326 e. The van der Waals surface area contributed by atoms with Crippen LogP contribution in [0.2, 0.25) is 0 Å². The molecule has 10 atom stereocenters. The molecule has 32 heteroatoms. The van der Waals surface area contributed by atoms with E-state index < -0.39 is 170 Å². The lowest BCUT2D eigenvalue weighted by atomic mass is 9.99. The Balaban J connectivity index is 1.60. The highest BCUT2D eigenvalue weighted by Crippen LogP contribution is 2.22. The van der Waals surface area contributed by atoms with Crippen molar-refractivity contribution < 1.29 is 67.4 Å². The van der Waals surface area contributed by atoms with Gasteiger partial charge in [-0.1, -0.05) is 111 Å². The van der Waals surface area contributed by atoms with Crippen molar-refractivity contribution in [2.45, 2.75) is 190 Å². The van der Waals surface area contributed by atoms with Gasteiger partial charge in [-0.3, -0.25) is 62.5 Å². The lowest BCUT2D eigenvalue weighted by molar-refractivity contribution is -0.143. The highest BCUT2D eigenvalue weighted by Gasteiger charge is 2.41. The zero-order chi connectivity index (χ0) is 73.7. The Kier molecular flexibility index (Phi) is 36.3. The van der Waals surface area contributed by atoms with Gasteiger partial charge in [0.25, 0.3) is 0 Å². The number of hydrogen-bond acceptors (Lipinski definition) is 17. The van der Waals surface area contributed by atoms with E-state index in [2.05, 4.69) is 52.8 Å². The number of likely N-dealkylation sites (tertiary alicyclic amines) is 1.